The molecule has 0 atom stereocenters. The number of amides is 1. The molecule has 2 fully saturated rings. The van der Waals surface area contributed by atoms with Crippen LogP contribution < -0.4 is 10.6 Å². The van der Waals surface area contributed by atoms with Gasteiger partial charge in [0.1, 0.15) is 5.82 Å². The second-order valence-electron chi connectivity index (χ2n) is 9.37. The summed E-state index contributed by atoms with van der Waals surface area (Å²) in [6, 6.07) is 11.7. The summed E-state index contributed by atoms with van der Waals surface area (Å²) in [6.07, 6.45) is 10.0. The van der Waals surface area contributed by atoms with Crippen LogP contribution in [0.2, 0.25) is 0 Å². The summed E-state index contributed by atoms with van der Waals surface area (Å²) in [5.74, 6) is 0.733. The zero-order valence-electron chi connectivity index (χ0n) is 18.8. The first-order valence-electron chi connectivity index (χ1n) is 12.2. The fraction of sp³-hybridized carbons (Fsp3) is 0.538. The van der Waals surface area contributed by atoms with Crippen LogP contribution >= 0.6 is 0 Å². The Kier molecular flexibility index (Phi) is 6.69. The minimum atomic E-state index is -0.0822. The summed E-state index contributed by atoms with van der Waals surface area (Å²) in [6.45, 7) is 4.47. The SMILES string of the molecule is O=C(NCc1ccc2c(c1)CCN(C1CCC1)CC2)c1ccc(NC2CCOCC2)nc1. The van der Waals surface area contributed by atoms with Gasteiger partial charge in [-0.3, -0.25) is 9.69 Å². The number of fused-ring (bicyclic) bond motifs is 1. The quantitative estimate of drug-likeness (QED) is 0.728. The van der Waals surface area contributed by atoms with Crippen molar-refractivity contribution in [3.63, 3.8) is 0 Å². The Balaban J connectivity index is 1.14. The number of nitrogens with one attached hydrogen (secondary N) is 2. The van der Waals surface area contributed by atoms with Gasteiger partial charge in [0.25, 0.3) is 5.91 Å². The summed E-state index contributed by atoms with van der Waals surface area (Å²) in [7, 11) is 0. The molecule has 170 valence electrons. The van der Waals surface area contributed by atoms with Gasteiger partial charge in [-0.1, -0.05) is 24.6 Å². The third-order valence-corrected chi connectivity index (χ3v) is 7.25. The van der Waals surface area contributed by atoms with Gasteiger partial charge in [-0.25, -0.2) is 4.98 Å². The molecule has 1 saturated heterocycles. The Bertz CT molecular complexity index is 920. The van der Waals surface area contributed by atoms with Gasteiger partial charge >= 0.3 is 0 Å². The third-order valence-electron chi connectivity index (χ3n) is 7.25. The highest BCUT2D eigenvalue weighted by atomic mass is 16.5. The number of nitrogens with zero attached hydrogens (tertiary/aromatic N) is 2. The van der Waals surface area contributed by atoms with Crippen molar-refractivity contribution in [2.75, 3.05) is 31.6 Å². The first-order chi connectivity index (χ1) is 15.7. The molecule has 6 nitrogen and oxygen atoms in total. The van der Waals surface area contributed by atoms with Crippen molar-refractivity contribution in [3.05, 3.63) is 58.8 Å². The van der Waals surface area contributed by atoms with Crippen LogP contribution in [0.1, 0.15) is 59.2 Å². The largest absolute Gasteiger partial charge is 0.381 e. The molecule has 1 aromatic heterocycles. The molecule has 1 saturated carbocycles. The van der Waals surface area contributed by atoms with Crippen molar-refractivity contribution >= 4 is 11.7 Å². The van der Waals surface area contributed by atoms with E-state index in [1.165, 1.54) is 42.5 Å². The van der Waals surface area contributed by atoms with Crippen molar-refractivity contribution in [1.82, 2.24) is 15.2 Å². The van der Waals surface area contributed by atoms with Crippen LogP contribution in [0.25, 0.3) is 0 Å². The maximum absolute atomic E-state index is 12.6. The van der Waals surface area contributed by atoms with Crippen LogP contribution in [0, 0.1) is 0 Å². The number of ether oxygens (including phenoxy) is 1. The molecule has 0 radical (unpaired) electrons. The first-order valence-corrected chi connectivity index (χ1v) is 12.2. The van der Waals surface area contributed by atoms with Crippen LogP contribution in [0.4, 0.5) is 5.82 Å². The van der Waals surface area contributed by atoms with E-state index in [0.29, 0.717) is 18.2 Å². The van der Waals surface area contributed by atoms with Crippen molar-refractivity contribution in [3.8, 4) is 0 Å². The molecule has 6 heteroatoms. The van der Waals surface area contributed by atoms with E-state index in [9.17, 15) is 4.79 Å². The minimum Gasteiger partial charge on any atom is -0.381 e. The molecule has 0 spiro atoms. The summed E-state index contributed by atoms with van der Waals surface area (Å²) in [4.78, 5) is 19.7. The molecule has 1 aromatic carbocycles. The Morgan fingerprint density at radius 2 is 1.84 bits per heavy atom. The van der Waals surface area contributed by atoms with E-state index in [4.69, 9.17) is 4.74 Å². The fourth-order valence-corrected chi connectivity index (χ4v) is 4.97. The molecule has 2 aliphatic heterocycles. The number of aromatic nitrogens is 1. The lowest BCUT2D eigenvalue weighted by molar-refractivity contribution is 0.0904. The number of carbonyl (C=O) groups is 1. The summed E-state index contributed by atoms with van der Waals surface area (Å²) < 4.78 is 5.39. The smallest absolute Gasteiger partial charge is 0.253 e. The van der Waals surface area contributed by atoms with Crippen molar-refractivity contribution in [2.45, 2.75) is 63.6 Å². The highest BCUT2D eigenvalue weighted by Gasteiger charge is 2.26. The standard InChI is InChI=1S/C26H34N4O2/c31-26(22-6-7-25(27-18-22)29-23-10-14-32-15-11-23)28-17-19-4-5-20-8-12-30(24-2-1-3-24)13-9-21(20)16-19/h4-7,16,18,23-24H,1-3,8-15,17H2,(H,27,29)(H,28,31). The normalized spacial score (nSPS) is 20.1. The van der Waals surface area contributed by atoms with Crippen LogP contribution in [0.15, 0.2) is 36.5 Å². The Morgan fingerprint density at radius 1 is 1.03 bits per heavy atom. The van der Waals surface area contributed by atoms with Gasteiger partial charge in [0.05, 0.1) is 5.56 Å². The third kappa shape index (κ3) is 5.13. The summed E-state index contributed by atoms with van der Waals surface area (Å²) in [5.41, 5.74) is 4.68. The number of anilines is 1. The van der Waals surface area contributed by atoms with E-state index in [1.807, 2.05) is 12.1 Å². The molecular weight excluding hydrogens is 400 g/mol. The van der Waals surface area contributed by atoms with Crippen molar-refractivity contribution in [1.29, 1.82) is 0 Å². The fourth-order valence-electron chi connectivity index (χ4n) is 4.97. The second kappa shape index (κ2) is 10.0. The molecule has 1 aliphatic carbocycles. The summed E-state index contributed by atoms with van der Waals surface area (Å²) >= 11 is 0. The molecule has 32 heavy (non-hydrogen) atoms. The number of pyridine rings is 1. The maximum atomic E-state index is 12.6. The molecule has 1 amide bonds. The Hall–Kier alpha value is -2.44. The Morgan fingerprint density at radius 3 is 2.56 bits per heavy atom. The zero-order chi connectivity index (χ0) is 21.8. The highest BCUT2D eigenvalue weighted by molar-refractivity contribution is 5.94. The van der Waals surface area contributed by atoms with E-state index in [1.54, 1.807) is 6.20 Å². The lowest BCUT2D eigenvalue weighted by atomic mass is 9.91. The number of benzene rings is 1. The molecule has 5 rings (SSSR count). The van der Waals surface area contributed by atoms with Crippen molar-refractivity contribution < 1.29 is 9.53 Å². The van der Waals surface area contributed by atoms with Gasteiger partial charge in [0.2, 0.25) is 0 Å². The Labute approximate surface area is 190 Å². The molecule has 2 aromatic rings. The maximum Gasteiger partial charge on any atom is 0.253 e. The molecule has 2 N–H and O–H groups in total. The van der Waals surface area contributed by atoms with E-state index in [0.717, 1.165) is 57.3 Å². The zero-order valence-corrected chi connectivity index (χ0v) is 18.8. The molecule has 0 bridgehead atoms. The average molecular weight is 435 g/mol. The van der Waals surface area contributed by atoms with E-state index >= 15 is 0 Å². The molecule has 3 aliphatic rings. The van der Waals surface area contributed by atoms with Crippen molar-refractivity contribution in [2.24, 2.45) is 0 Å². The van der Waals surface area contributed by atoms with Gasteiger partial charge in [0.15, 0.2) is 0 Å². The monoisotopic (exact) mass is 434 g/mol. The lowest BCUT2D eigenvalue weighted by Crippen LogP contribution is -2.41. The van der Waals surface area contributed by atoms with Gasteiger partial charge in [-0.05, 0) is 67.3 Å². The van der Waals surface area contributed by atoms with Crippen LogP contribution in [-0.4, -0.2) is 54.2 Å². The average Bonchev–Trinajstić information content (AvgIpc) is 3.00. The predicted octanol–water partition coefficient (Wildman–Crippen LogP) is 3.56. The minimum absolute atomic E-state index is 0.0822. The van der Waals surface area contributed by atoms with Crippen LogP contribution in [-0.2, 0) is 24.1 Å². The van der Waals surface area contributed by atoms with E-state index < -0.39 is 0 Å². The highest BCUT2D eigenvalue weighted by Crippen LogP contribution is 2.27. The second-order valence-corrected chi connectivity index (χ2v) is 9.37. The van der Waals surface area contributed by atoms with Gasteiger partial charge in [-0.2, -0.15) is 0 Å². The number of rotatable bonds is 6. The van der Waals surface area contributed by atoms with Gasteiger partial charge < -0.3 is 15.4 Å². The molecule has 0 unspecified atom stereocenters. The number of hydrogen-bond acceptors (Lipinski definition) is 5. The van der Waals surface area contributed by atoms with E-state index in [2.05, 4.69) is 38.7 Å². The van der Waals surface area contributed by atoms with Gasteiger partial charge in [0, 0.05) is 51.1 Å². The van der Waals surface area contributed by atoms with E-state index in [-0.39, 0.29) is 5.91 Å². The summed E-state index contributed by atoms with van der Waals surface area (Å²) in [5, 5.41) is 6.49. The number of hydrogen-bond donors (Lipinski definition) is 2. The lowest BCUT2D eigenvalue weighted by Gasteiger charge is -2.36. The van der Waals surface area contributed by atoms with Crippen LogP contribution in [0.3, 0.4) is 0 Å². The van der Waals surface area contributed by atoms with Gasteiger partial charge in [-0.15, -0.1) is 0 Å². The predicted molar refractivity (Wildman–Crippen MR) is 126 cm³/mol. The molecular formula is C26H34N4O2. The first kappa shape index (κ1) is 21.4. The molecule has 3 heterocycles. The number of carbonyl (C=O) groups excluding carboxylic acids is 1. The topological polar surface area (TPSA) is 66.5 Å². The van der Waals surface area contributed by atoms with Crippen LogP contribution in [0.5, 0.6) is 0 Å².